The Hall–Kier alpha value is -1.04. The third-order valence-corrected chi connectivity index (χ3v) is 2.79. The van der Waals surface area contributed by atoms with Crippen LogP contribution >= 0.6 is 0 Å². The van der Waals surface area contributed by atoms with Crippen molar-refractivity contribution in [2.45, 2.75) is 34.1 Å². The molecule has 76 valence electrons. The topological polar surface area (TPSA) is 0 Å². The molecule has 0 saturated carbocycles. The number of hydrogen-bond donors (Lipinski definition) is 0. The Morgan fingerprint density at radius 2 is 1.71 bits per heavy atom. The summed E-state index contributed by atoms with van der Waals surface area (Å²) < 4.78 is 0. The van der Waals surface area contributed by atoms with E-state index in [-0.39, 0.29) is 5.41 Å². The lowest BCUT2D eigenvalue weighted by Gasteiger charge is -2.18. The van der Waals surface area contributed by atoms with E-state index in [1.165, 1.54) is 16.7 Å². The molecule has 0 heteroatoms. The highest BCUT2D eigenvalue weighted by molar-refractivity contribution is 5.74. The van der Waals surface area contributed by atoms with Crippen molar-refractivity contribution in [1.82, 2.24) is 0 Å². The molecule has 0 heterocycles. The predicted octanol–water partition coefficient (Wildman–Crippen LogP) is 4.31. The summed E-state index contributed by atoms with van der Waals surface area (Å²) in [5.41, 5.74) is 4.37. The first kappa shape index (κ1) is 11.0. The molecule has 0 fully saturated rings. The van der Waals surface area contributed by atoms with Gasteiger partial charge in [0.15, 0.2) is 0 Å². The van der Waals surface area contributed by atoms with E-state index in [2.05, 4.69) is 44.7 Å². The van der Waals surface area contributed by atoms with Gasteiger partial charge in [-0.2, -0.15) is 0 Å². The highest BCUT2D eigenvalue weighted by Gasteiger charge is 2.31. The van der Waals surface area contributed by atoms with Gasteiger partial charge in [-0.15, -0.1) is 0 Å². The molecule has 0 aliphatic heterocycles. The zero-order valence-electron chi connectivity index (χ0n) is 9.72. The van der Waals surface area contributed by atoms with Crippen molar-refractivity contribution in [3.63, 3.8) is 0 Å². The molecule has 0 radical (unpaired) electrons. The fourth-order valence-corrected chi connectivity index (χ4v) is 1.92. The summed E-state index contributed by atoms with van der Waals surface area (Å²) in [5.74, 6) is 0. The van der Waals surface area contributed by atoms with Crippen LogP contribution in [0.4, 0.5) is 0 Å². The summed E-state index contributed by atoms with van der Waals surface area (Å²) in [6.45, 7) is 12.7. The molecule has 0 aromatic heterocycles. The molecule has 2 rings (SSSR count). The van der Waals surface area contributed by atoms with Gasteiger partial charge in [0.25, 0.3) is 0 Å². The first-order valence-electron chi connectivity index (χ1n) is 5.39. The summed E-state index contributed by atoms with van der Waals surface area (Å²) in [4.78, 5) is 0. The van der Waals surface area contributed by atoms with Crippen LogP contribution in [-0.2, 0) is 6.42 Å². The lowest BCUT2D eigenvalue weighted by molar-refractivity contribution is 0.521. The van der Waals surface area contributed by atoms with Crippen molar-refractivity contribution < 1.29 is 0 Å². The van der Waals surface area contributed by atoms with Crippen LogP contribution in [-0.4, -0.2) is 0 Å². The number of allylic oxidation sites excluding steroid dienone is 1. The largest absolute Gasteiger partial charge is 0.0947 e. The van der Waals surface area contributed by atoms with E-state index >= 15 is 0 Å². The van der Waals surface area contributed by atoms with Gasteiger partial charge in [-0.05, 0) is 28.5 Å². The van der Waals surface area contributed by atoms with Crippen LogP contribution < -0.4 is 0 Å². The highest BCUT2D eigenvalue weighted by Crippen LogP contribution is 2.44. The van der Waals surface area contributed by atoms with Gasteiger partial charge < -0.3 is 0 Å². The van der Waals surface area contributed by atoms with Crippen molar-refractivity contribution in [3.05, 3.63) is 42.0 Å². The van der Waals surface area contributed by atoms with E-state index in [1.807, 2.05) is 13.8 Å². The van der Waals surface area contributed by atoms with E-state index < -0.39 is 0 Å². The monoisotopic (exact) mass is 188 g/mol. The first-order chi connectivity index (χ1) is 6.61. The normalized spacial score (nSPS) is 17.0. The van der Waals surface area contributed by atoms with Gasteiger partial charge in [0.1, 0.15) is 0 Å². The minimum atomic E-state index is 0.268. The average molecular weight is 188 g/mol. The Labute approximate surface area is 87.7 Å². The third-order valence-electron chi connectivity index (χ3n) is 2.79. The van der Waals surface area contributed by atoms with Crippen molar-refractivity contribution in [3.8, 4) is 0 Å². The summed E-state index contributed by atoms with van der Waals surface area (Å²) >= 11 is 0. The first-order valence-corrected chi connectivity index (χ1v) is 5.39. The zero-order valence-corrected chi connectivity index (χ0v) is 9.72. The molecular weight excluding hydrogens is 168 g/mol. The summed E-state index contributed by atoms with van der Waals surface area (Å²) in [6.07, 6.45) is 1.14. The SMILES string of the molecule is C=C1c2ccccc2CC1(C)C.CC. The molecule has 0 unspecified atom stereocenters. The second-order valence-corrected chi connectivity index (χ2v) is 4.20. The van der Waals surface area contributed by atoms with Gasteiger partial charge in [-0.25, -0.2) is 0 Å². The van der Waals surface area contributed by atoms with E-state index in [0.29, 0.717) is 0 Å². The fraction of sp³-hybridized carbons (Fsp3) is 0.429. The smallest absolute Gasteiger partial charge is 0.00628 e. The van der Waals surface area contributed by atoms with E-state index in [4.69, 9.17) is 0 Å². The van der Waals surface area contributed by atoms with E-state index in [1.54, 1.807) is 0 Å². The molecule has 1 aromatic carbocycles. The van der Waals surface area contributed by atoms with Gasteiger partial charge in [-0.1, -0.05) is 58.5 Å². The van der Waals surface area contributed by atoms with E-state index in [9.17, 15) is 0 Å². The molecule has 0 N–H and O–H groups in total. The number of benzene rings is 1. The number of fused-ring (bicyclic) bond motifs is 1. The summed E-state index contributed by atoms with van der Waals surface area (Å²) in [6, 6.07) is 8.57. The second kappa shape index (κ2) is 4.00. The Bertz CT molecular complexity index is 332. The standard InChI is InChI=1S/C12H14.C2H6/c1-9-11-7-5-4-6-10(11)8-12(9,2)3;1-2/h4-7H,1,8H2,2-3H3;1-2H3. The summed E-state index contributed by atoms with van der Waals surface area (Å²) in [7, 11) is 0. The number of hydrogen-bond acceptors (Lipinski definition) is 0. The average Bonchev–Trinajstić information content (AvgIpc) is 2.42. The molecule has 0 nitrogen and oxygen atoms in total. The van der Waals surface area contributed by atoms with Gasteiger partial charge >= 0.3 is 0 Å². The molecule has 0 saturated heterocycles. The molecule has 14 heavy (non-hydrogen) atoms. The lowest BCUT2D eigenvalue weighted by Crippen LogP contribution is -2.08. The Morgan fingerprint density at radius 3 is 2.29 bits per heavy atom. The van der Waals surface area contributed by atoms with Crippen molar-refractivity contribution >= 4 is 5.57 Å². The zero-order chi connectivity index (χ0) is 10.8. The number of rotatable bonds is 0. The minimum Gasteiger partial charge on any atom is -0.0947 e. The molecule has 1 aromatic rings. The van der Waals surface area contributed by atoms with Crippen LogP contribution in [0, 0.1) is 5.41 Å². The molecule has 0 spiro atoms. The third kappa shape index (κ3) is 1.75. The van der Waals surface area contributed by atoms with Crippen LogP contribution in [0.2, 0.25) is 0 Å². The van der Waals surface area contributed by atoms with Gasteiger partial charge in [0, 0.05) is 0 Å². The molecule has 0 atom stereocenters. The van der Waals surface area contributed by atoms with Crippen LogP contribution in [0.15, 0.2) is 30.8 Å². The van der Waals surface area contributed by atoms with Crippen molar-refractivity contribution in [2.24, 2.45) is 5.41 Å². The molecule has 0 bridgehead atoms. The maximum absolute atomic E-state index is 4.15. The van der Waals surface area contributed by atoms with Crippen LogP contribution in [0.3, 0.4) is 0 Å². The van der Waals surface area contributed by atoms with E-state index in [0.717, 1.165) is 6.42 Å². The Kier molecular flexibility index (Phi) is 3.15. The maximum atomic E-state index is 4.15. The van der Waals surface area contributed by atoms with Gasteiger partial charge in [0.05, 0.1) is 0 Å². The van der Waals surface area contributed by atoms with Crippen LogP contribution in [0.25, 0.3) is 5.57 Å². The predicted molar refractivity (Wildman–Crippen MR) is 64.3 cm³/mol. The Morgan fingerprint density at radius 1 is 1.14 bits per heavy atom. The Balaban J connectivity index is 0.000000461. The molecular formula is C14H20. The maximum Gasteiger partial charge on any atom is -0.00628 e. The van der Waals surface area contributed by atoms with Gasteiger partial charge in [-0.3, -0.25) is 0 Å². The molecule has 1 aliphatic carbocycles. The lowest BCUT2D eigenvalue weighted by atomic mass is 9.86. The molecule has 1 aliphatic rings. The van der Waals surface area contributed by atoms with Crippen LogP contribution in [0.1, 0.15) is 38.8 Å². The minimum absolute atomic E-state index is 0.268. The van der Waals surface area contributed by atoms with Crippen molar-refractivity contribution in [1.29, 1.82) is 0 Å². The second-order valence-electron chi connectivity index (χ2n) is 4.20. The highest BCUT2D eigenvalue weighted by atomic mass is 14.3. The van der Waals surface area contributed by atoms with Crippen molar-refractivity contribution in [2.75, 3.05) is 0 Å². The van der Waals surface area contributed by atoms with Crippen LogP contribution in [0.5, 0.6) is 0 Å². The quantitative estimate of drug-likeness (QED) is 0.569. The summed E-state index contributed by atoms with van der Waals surface area (Å²) in [5, 5.41) is 0. The molecule has 0 amide bonds. The fourth-order valence-electron chi connectivity index (χ4n) is 1.92. The van der Waals surface area contributed by atoms with Gasteiger partial charge in [0.2, 0.25) is 0 Å².